The van der Waals surface area contributed by atoms with E-state index in [2.05, 4.69) is 0 Å². The van der Waals surface area contributed by atoms with Crippen LogP contribution in [0.5, 0.6) is 5.75 Å². The van der Waals surface area contributed by atoms with Crippen LogP contribution < -0.4 is 10.2 Å². The van der Waals surface area contributed by atoms with E-state index in [1.165, 1.54) is 0 Å². The van der Waals surface area contributed by atoms with Crippen LogP contribution in [0.3, 0.4) is 0 Å². The van der Waals surface area contributed by atoms with Gasteiger partial charge in [0.25, 0.3) is 0 Å². The zero-order valence-corrected chi connectivity index (χ0v) is 7.74. The molecule has 0 fully saturated rings. The second-order valence-electron chi connectivity index (χ2n) is 2.45. The van der Waals surface area contributed by atoms with E-state index in [0.717, 1.165) is 0 Å². The first-order valence-electron chi connectivity index (χ1n) is 3.89. The largest absolute Gasteiger partial charge is 0.493 e. The summed E-state index contributed by atoms with van der Waals surface area (Å²) in [5, 5.41) is 17.9. The lowest BCUT2D eigenvalue weighted by atomic mass is 9.80. The molecule has 0 aliphatic heterocycles. The number of rotatable bonds is 4. The molecule has 1 rings (SSSR count). The zero-order valence-electron chi connectivity index (χ0n) is 6.98. The topological polar surface area (TPSA) is 49.7 Å². The van der Waals surface area contributed by atoms with Gasteiger partial charge in [0.05, 0.1) is 5.88 Å². The van der Waals surface area contributed by atoms with Gasteiger partial charge in [0.15, 0.2) is 0 Å². The van der Waals surface area contributed by atoms with Crippen LogP contribution in [0.15, 0.2) is 24.3 Å². The van der Waals surface area contributed by atoms with Gasteiger partial charge in [-0.2, -0.15) is 0 Å². The number of benzene rings is 1. The third-order valence-corrected chi connectivity index (χ3v) is 1.69. The number of hydrogen-bond acceptors (Lipinski definition) is 3. The van der Waals surface area contributed by atoms with E-state index < -0.39 is 7.12 Å². The molecule has 0 saturated heterocycles. The molecule has 5 heteroatoms. The summed E-state index contributed by atoms with van der Waals surface area (Å²) >= 11 is 5.43. The Hall–Kier alpha value is -0.705. The van der Waals surface area contributed by atoms with Crippen LogP contribution in [-0.2, 0) is 0 Å². The molecule has 0 bridgehead atoms. The predicted molar refractivity (Wildman–Crippen MR) is 52.5 cm³/mol. The number of halogens is 1. The number of hydrogen-bond donors (Lipinski definition) is 2. The molecule has 1 aromatic rings. The molecule has 0 spiro atoms. The first-order chi connectivity index (χ1) is 6.25. The van der Waals surface area contributed by atoms with Crippen molar-refractivity contribution in [3.05, 3.63) is 24.3 Å². The summed E-state index contributed by atoms with van der Waals surface area (Å²) in [4.78, 5) is 0. The van der Waals surface area contributed by atoms with Crippen LogP contribution >= 0.6 is 11.6 Å². The van der Waals surface area contributed by atoms with Crippen LogP contribution in [0, 0.1) is 0 Å². The molecule has 3 nitrogen and oxygen atoms in total. The molecular formula is C8H10BClO3. The average molecular weight is 200 g/mol. The fraction of sp³-hybridized carbons (Fsp3) is 0.250. The summed E-state index contributed by atoms with van der Waals surface area (Å²) in [5.41, 5.74) is 0.354. The fourth-order valence-corrected chi connectivity index (χ4v) is 1.05. The third-order valence-electron chi connectivity index (χ3n) is 1.53. The molecule has 0 aliphatic carbocycles. The minimum Gasteiger partial charge on any atom is -0.493 e. The lowest BCUT2D eigenvalue weighted by molar-refractivity contribution is 0.342. The molecule has 13 heavy (non-hydrogen) atoms. The Balaban J connectivity index is 2.78. The minimum atomic E-state index is -1.51. The van der Waals surface area contributed by atoms with E-state index in [-0.39, 0.29) is 0 Å². The minimum absolute atomic E-state index is 0.352. The van der Waals surface area contributed by atoms with Crippen LogP contribution in [0.1, 0.15) is 0 Å². The van der Waals surface area contributed by atoms with Gasteiger partial charge in [0, 0.05) is 5.46 Å². The van der Waals surface area contributed by atoms with Crippen LogP contribution in [0.25, 0.3) is 0 Å². The van der Waals surface area contributed by atoms with Gasteiger partial charge < -0.3 is 14.8 Å². The molecule has 0 aromatic heterocycles. The van der Waals surface area contributed by atoms with E-state index in [4.69, 9.17) is 26.4 Å². The van der Waals surface area contributed by atoms with Crippen molar-refractivity contribution >= 4 is 24.2 Å². The van der Waals surface area contributed by atoms with Crippen molar-refractivity contribution in [2.24, 2.45) is 0 Å². The summed E-state index contributed by atoms with van der Waals surface area (Å²) in [6.07, 6.45) is 0. The normalized spacial score (nSPS) is 9.77. The van der Waals surface area contributed by atoms with Gasteiger partial charge in [0.2, 0.25) is 0 Å². The summed E-state index contributed by atoms with van der Waals surface area (Å²) in [6, 6.07) is 6.73. The molecule has 0 unspecified atom stereocenters. The lowest BCUT2D eigenvalue weighted by Crippen LogP contribution is -2.31. The Labute approximate surface area is 82.1 Å². The first kappa shape index (κ1) is 10.4. The smallest absolute Gasteiger partial charge is 0.492 e. The van der Waals surface area contributed by atoms with E-state index in [1.807, 2.05) is 0 Å². The highest BCUT2D eigenvalue weighted by Crippen LogP contribution is 2.06. The molecular weight excluding hydrogens is 190 g/mol. The second kappa shape index (κ2) is 5.12. The maximum atomic E-state index is 8.95. The van der Waals surface area contributed by atoms with Crippen LogP contribution in [-0.4, -0.2) is 29.7 Å². The SMILES string of the molecule is OB(O)c1ccccc1OCCCl. The van der Waals surface area contributed by atoms with Gasteiger partial charge in [-0.25, -0.2) is 0 Å². The quantitative estimate of drug-likeness (QED) is 0.531. The molecule has 2 N–H and O–H groups in total. The Morgan fingerprint density at radius 1 is 1.31 bits per heavy atom. The van der Waals surface area contributed by atoms with Gasteiger partial charge in [-0.15, -0.1) is 11.6 Å². The van der Waals surface area contributed by atoms with E-state index >= 15 is 0 Å². The molecule has 0 heterocycles. The van der Waals surface area contributed by atoms with Crippen molar-refractivity contribution in [1.29, 1.82) is 0 Å². The molecule has 0 aliphatic rings. The van der Waals surface area contributed by atoms with Gasteiger partial charge in [-0.05, 0) is 6.07 Å². The van der Waals surface area contributed by atoms with Gasteiger partial charge >= 0.3 is 7.12 Å². The summed E-state index contributed by atoms with van der Waals surface area (Å²) < 4.78 is 5.20. The standard InChI is InChI=1S/C8H10BClO3/c10-5-6-13-8-4-2-1-3-7(8)9(11)12/h1-4,11-12H,5-6H2. The molecule has 1 aromatic carbocycles. The number of ether oxygens (including phenoxy) is 1. The maximum absolute atomic E-state index is 8.95. The Bertz CT molecular complexity index is 267. The summed E-state index contributed by atoms with van der Waals surface area (Å²) in [7, 11) is -1.51. The van der Waals surface area contributed by atoms with Gasteiger partial charge in [0.1, 0.15) is 12.4 Å². The second-order valence-corrected chi connectivity index (χ2v) is 2.83. The highest BCUT2D eigenvalue weighted by atomic mass is 35.5. The molecule has 0 radical (unpaired) electrons. The van der Waals surface area contributed by atoms with Crippen LogP contribution in [0.4, 0.5) is 0 Å². The van der Waals surface area contributed by atoms with Crippen LogP contribution in [0.2, 0.25) is 0 Å². The van der Waals surface area contributed by atoms with Crippen molar-refractivity contribution < 1.29 is 14.8 Å². The van der Waals surface area contributed by atoms with E-state index in [0.29, 0.717) is 23.7 Å². The highest BCUT2D eigenvalue weighted by Gasteiger charge is 2.15. The highest BCUT2D eigenvalue weighted by molar-refractivity contribution is 6.59. The summed E-state index contributed by atoms with van der Waals surface area (Å²) in [5.74, 6) is 0.828. The molecule has 0 atom stereocenters. The Kier molecular flexibility index (Phi) is 4.08. The molecule has 0 amide bonds. The lowest BCUT2D eigenvalue weighted by Gasteiger charge is -2.08. The zero-order chi connectivity index (χ0) is 9.68. The monoisotopic (exact) mass is 200 g/mol. The fourth-order valence-electron chi connectivity index (χ4n) is 0.974. The molecule has 0 saturated carbocycles. The van der Waals surface area contributed by atoms with Gasteiger partial charge in [-0.1, -0.05) is 18.2 Å². The number of para-hydroxylation sites is 1. The van der Waals surface area contributed by atoms with Crippen molar-refractivity contribution in [3.8, 4) is 5.75 Å². The Morgan fingerprint density at radius 3 is 2.62 bits per heavy atom. The van der Waals surface area contributed by atoms with Crippen molar-refractivity contribution in [2.75, 3.05) is 12.5 Å². The van der Waals surface area contributed by atoms with Crippen molar-refractivity contribution in [2.45, 2.75) is 0 Å². The Morgan fingerprint density at radius 2 is 2.00 bits per heavy atom. The average Bonchev–Trinajstić information content (AvgIpc) is 2.15. The first-order valence-corrected chi connectivity index (χ1v) is 4.43. The van der Waals surface area contributed by atoms with Crippen molar-refractivity contribution in [1.82, 2.24) is 0 Å². The predicted octanol–water partition coefficient (Wildman–Crippen LogP) is -0.0160. The van der Waals surface area contributed by atoms with Crippen molar-refractivity contribution in [3.63, 3.8) is 0 Å². The summed E-state index contributed by atoms with van der Waals surface area (Å²) in [6.45, 7) is 0.352. The molecule has 70 valence electrons. The van der Waals surface area contributed by atoms with E-state index in [9.17, 15) is 0 Å². The van der Waals surface area contributed by atoms with E-state index in [1.54, 1.807) is 24.3 Å². The number of alkyl halides is 1. The maximum Gasteiger partial charge on any atom is 0.492 e. The van der Waals surface area contributed by atoms with Gasteiger partial charge in [-0.3, -0.25) is 0 Å². The third kappa shape index (κ3) is 2.92.